The lowest BCUT2D eigenvalue weighted by atomic mass is 10.2. The van der Waals surface area contributed by atoms with Gasteiger partial charge in [0.15, 0.2) is 5.82 Å². The fourth-order valence-corrected chi connectivity index (χ4v) is 0.966. The summed E-state index contributed by atoms with van der Waals surface area (Å²) in [6.07, 6.45) is 2.01. The van der Waals surface area contributed by atoms with Gasteiger partial charge in [0.2, 0.25) is 0 Å². The molecule has 1 rings (SSSR count). The van der Waals surface area contributed by atoms with E-state index < -0.39 is 0 Å². The Balaban J connectivity index is 2.60. The third-order valence-corrected chi connectivity index (χ3v) is 1.55. The standard InChI is InChI=1S/C7H14N4/c1-3-4-6(8)7-9-5(2)10-11-7/h6H,3-4,8H2,1-2H3,(H,9,10,11)/t6-/m1/s1. The lowest BCUT2D eigenvalue weighted by Gasteiger charge is -2.02. The van der Waals surface area contributed by atoms with Crippen molar-refractivity contribution in [1.82, 2.24) is 15.2 Å². The molecular weight excluding hydrogens is 140 g/mol. The van der Waals surface area contributed by atoms with Gasteiger partial charge in [-0.25, -0.2) is 4.98 Å². The van der Waals surface area contributed by atoms with Gasteiger partial charge in [-0.2, -0.15) is 5.10 Å². The van der Waals surface area contributed by atoms with E-state index in [0.29, 0.717) is 0 Å². The molecule has 0 aliphatic rings. The molecule has 1 aromatic heterocycles. The van der Waals surface area contributed by atoms with Crippen molar-refractivity contribution in [1.29, 1.82) is 0 Å². The van der Waals surface area contributed by atoms with Crippen molar-refractivity contribution in [2.75, 3.05) is 0 Å². The Bertz CT molecular complexity index is 218. The largest absolute Gasteiger partial charge is 0.321 e. The Kier molecular flexibility index (Phi) is 2.59. The Morgan fingerprint density at radius 3 is 2.82 bits per heavy atom. The van der Waals surface area contributed by atoms with Gasteiger partial charge in [-0.3, -0.25) is 5.10 Å². The van der Waals surface area contributed by atoms with Crippen LogP contribution in [0.2, 0.25) is 0 Å². The van der Waals surface area contributed by atoms with Crippen molar-refractivity contribution in [2.24, 2.45) is 5.73 Å². The first-order valence-electron chi connectivity index (χ1n) is 3.88. The van der Waals surface area contributed by atoms with Crippen LogP contribution in [0.3, 0.4) is 0 Å². The van der Waals surface area contributed by atoms with Crippen LogP contribution >= 0.6 is 0 Å². The van der Waals surface area contributed by atoms with Crippen molar-refractivity contribution in [3.05, 3.63) is 11.6 Å². The average molecular weight is 154 g/mol. The van der Waals surface area contributed by atoms with Crippen molar-refractivity contribution in [3.63, 3.8) is 0 Å². The number of aryl methyl sites for hydroxylation is 1. The Morgan fingerprint density at radius 2 is 2.36 bits per heavy atom. The normalized spacial score (nSPS) is 13.4. The van der Waals surface area contributed by atoms with Gasteiger partial charge in [0.25, 0.3) is 0 Å². The smallest absolute Gasteiger partial charge is 0.167 e. The van der Waals surface area contributed by atoms with Crippen LogP contribution < -0.4 is 5.73 Å². The molecule has 0 amide bonds. The van der Waals surface area contributed by atoms with Crippen LogP contribution in [-0.4, -0.2) is 15.2 Å². The van der Waals surface area contributed by atoms with E-state index in [4.69, 9.17) is 5.73 Å². The fraction of sp³-hybridized carbons (Fsp3) is 0.714. The molecular formula is C7H14N4. The summed E-state index contributed by atoms with van der Waals surface area (Å²) < 4.78 is 0. The monoisotopic (exact) mass is 154 g/mol. The van der Waals surface area contributed by atoms with Crippen molar-refractivity contribution in [3.8, 4) is 0 Å². The quantitative estimate of drug-likeness (QED) is 0.680. The van der Waals surface area contributed by atoms with Gasteiger partial charge >= 0.3 is 0 Å². The van der Waals surface area contributed by atoms with Crippen LogP contribution in [0.4, 0.5) is 0 Å². The first-order valence-corrected chi connectivity index (χ1v) is 3.88. The summed E-state index contributed by atoms with van der Waals surface area (Å²) in [7, 11) is 0. The van der Waals surface area contributed by atoms with Crippen molar-refractivity contribution >= 4 is 0 Å². The predicted octanol–water partition coefficient (Wildman–Crippen LogP) is 0.913. The molecule has 0 saturated carbocycles. The number of rotatable bonds is 3. The van der Waals surface area contributed by atoms with E-state index in [1.165, 1.54) is 0 Å². The first-order chi connectivity index (χ1) is 5.24. The summed E-state index contributed by atoms with van der Waals surface area (Å²) in [4.78, 5) is 4.14. The Hall–Kier alpha value is -0.900. The molecule has 1 heterocycles. The summed E-state index contributed by atoms with van der Waals surface area (Å²) in [5.41, 5.74) is 5.77. The molecule has 4 heteroatoms. The number of hydrogen-bond donors (Lipinski definition) is 2. The van der Waals surface area contributed by atoms with E-state index >= 15 is 0 Å². The maximum Gasteiger partial charge on any atom is 0.167 e. The molecule has 4 nitrogen and oxygen atoms in total. The summed E-state index contributed by atoms with van der Waals surface area (Å²) in [6.45, 7) is 3.97. The second-order valence-corrected chi connectivity index (χ2v) is 2.67. The molecule has 0 radical (unpaired) electrons. The minimum atomic E-state index is -0.00931. The molecule has 1 atom stereocenters. The van der Waals surface area contributed by atoms with Crippen LogP contribution in [0.15, 0.2) is 0 Å². The SMILES string of the molecule is CCC[C@@H](N)c1n[nH]c(C)n1. The van der Waals surface area contributed by atoms with Crippen LogP contribution in [0.25, 0.3) is 0 Å². The average Bonchev–Trinajstić information content (AvgIpc) is 2.36. The third-order valence-electron chi connectivity index (χ3n) is 1.55. The maximum absolute atomic E-state index is 5.77. The number of nitrogens with two attached hydrogens (primary N) is 1. The van der Waals surface area contributed by atoms with E-state index in [-0.39, 0.29) is 6.04 Å². The molecule has 11 heavy (non-hydrogen) atoms. The molecule has 0 aliphatic heterocycles. The van der Waals surface area contributed by atoms with Gasteiger partial charge in [-0.1, -0.05) is 13.3 Å². The number of hydrogen-bond acceptors (Lipinski definition) is 3. The van der Waals surface area contributed by atoms with E-state index in [1.54, 1.807) is 0 Å². The molecule has 0 fully saturated rings. The molecule has 1 aromatic rings. The summed E-state index contributed by atoms with van der Waals surface area (Å²) in [6, 6.07) is -0.00931. The zero-order valence-corrected chi connectivity index (χ0v) is 6.96. The molecule has 0 saturated heterocycles. The van der Waals surface area contributed by atoms with Gasteiger partial charge in [0.1, 0.15) is 5.82 Å². The van der Waals surface area contributed by atoms with Crippen LogP contribution in [0, 0.1) is 6.92 Å². The zero-order chi connectivity index (χ0) is 8.27. The highest BCUT2D eigenvalue weighted by atomic mass is 15.2. The molecule has 0 spiro atoms. The molecule has 0 bridgehead atoms. The van der Waals surface area contributed by atoms with Gasteiger partial charge in [-0.05, 0) is 13.3 Å². The van der Waals surface area contributed by atoms with Crippen molar-refractivity contribution < 1.29 is 0 Å². The predicted molar refractivity (Wildman–Crippen MR) is 43.0 cm³/mol. The van der Waals surface area contributed by atoms with Gasteiger partial charge in [0, 0.05) is 0 Å². The van der Waals surface area contributed by atoms with Crippen LogP contribution in [-0.2, 0) is 0 Å². The zero-order valence-electron chi connectivity index (χ0n) is 6.96. The maximum atomic E-state index is 5.77. The molecule has 3 N–H and O–H groups in total. The Morgan fingerprint density at radius 1 is 1.64 bits per heavy atom. The highest BCUT2D eigenvalue weighted by Gasteiger charge is 2.08. The summed E-state index contributed by atoms with van der Waals surface area (Å²) >= 11 is 0. The van der Waals surface area contributed by atoms with E-state index in [2.05, 4.69) is 22.1 Å². The highest BCUT2D eigenvalue weighted by molar-refractivity contribution is 4.93. The van der Waals surface area contributed by atoms with Gasteiger partial charge in [-0.15, -0.1) is 0 Å². The number of H-pyrrole nitrogens is 1. The lowest BCUT2D eigenvalue weighted by molar-refractivity contribution is 0.604. The molecule has 0 aromatic carbocycles. The van der Waals surface area contributed by atoms with E-state index in [1.807, 2.05) is 6.92 Å². The second kappa shape index (κ2) is 3.48. The number of aromatic nitrogens is 3. The number of aromatic amines is 1. The van der Waals surface area contributed by atoms with E-state index in [9.17, 15) is 0 Å². The fourth-order valence-electron chi connectivity index (χ4n) is 0.966. The summed E-state index contributed by atoms with van der Waals surface area (Å²) in [5.74, 6) is 1.55. The molecule has 62 valence electrons. The lowest BCUT2D eigenvalue weighted by Crippen LogP contribution is -2.11. The summed E-state index contributed by atoms with van der Waals surface area (Å²) in [5, 5.41) is 6.74. The Labute approximate surface area is 66.2 Å². The molecule has 0 aliphatic carbocycles. The van der Waals surface area contributed by atoms with Crippen molar-refractivity contribution in [2.45, 2.75) is 32.7 Å². The van der Waals surface area contributed by atoms with Crippen LogP contribution in [0.5, 0.6) is 0 Å². The van der Waals surface area contributed by atoms with Gasteiger partial charge < -0.3 is 5.73 Å². The second-order valence-electron chi connectivity index (χ2n) is 2.67. The first kappa shape index (κ1) is 8.20. The highest BCUT2D eigenvalue weighted by Crippen LogP contribution is 2.09. The van der Waals surface area contributed by atoms with Crippen LogP contribution in [0.1, 0.15) is 37.5 Å². The molecule has 0 unspecified atom stereocenters. The number of nitrogens with zero attached hydrogens (tertiary/aromatic N) is 2. The van der Waals surface area contributed by atoms with Gasteiger partial charge in [0.05, 0.1) is 6.04 Å². The minimum Gasteiger partial charge on any atom is -0.321 e. The third kappa shape index (κ3) is 2.01. The number of nitrogens with one attached hydrogen (secondary N) is 1. The topological polar surface area (TPSA) is 67.6 Å². The van der Waals surface area contributed by atoms with E-state index in [0.717, 1.165) is 24.5 Å². The minimum absolute atomic E-state index is 0.00931.